The summed E-state index contributed by atoms with van der Waals surface area (Å²) >= 11 is 6.38. The zero-order chi connectivity index (χ0) is 20.2. The molecule has 0 unspecified atom stereocenters. The second kappa shape index (κ2) is 8.45. The van der Waals surface area contributed by atoms with Crippen molar-refractivity contribution in [1.82, 2.24) is 0 Å². The largest absolute Gasteiger partial charge is 0.486 e. The van der Waals surface area contributed by atoms with E-state index in [2.05, 4.69) is 5.32 Å². The smallest absolute Gasteiger partial charge is 0.265 e. The average Bonchev–Trinajstić information content (AvgIpc) is 2.75. The van der Waals surface area contributed by atoms with Crippen LogP contribution in [0.25, 0.3) is 11.1 Å². The first-order valence-electron chi connectivity index (χ1n) is 9.32. The van der Waals surface area contributed by atoms with Gasteiger partial charge in [0.25, 0.3) is 5.91 Å². The number of amides is 1. The van der Waals surface area contributed by atoms with Crippen molar-refractivity contribution < 1.29 is 19.0 Å². The van der Waals surface area contributed by atoms with Crippen LogP contribution in [0.5, 0.6) is 17.2 Å². The van der Waals surface area contributed by atoms with Gasteiger partial charge >= 0.3 is 0 Å². The molecule has 6 heteroatoms. The second-order valence-electron chi connectivity index (χ2n) is 6.62. The highest BCUT2D eigenvalue weighted by Crippen LogP contribution is 2.33. The number of hydrogen-bond acceptors (Lipinski definition) is 4. The fraction of sp³-hybridized carbons (Fsp3) is 0.174. The topological polar surface area (TPSA) is 56.8 Å². The van der Waals surface area contributed by atoms with E-state index < -0.39 is 6.10 Å². The molecule has 0 radical (unpaired) electrons. The van der Waals surface area contributed by atoms with Crippen molar-refractivity contribution >= 4 is 23.2 Å². The quantitative estimate of drug-likeness (QED) is 0.630. The van der Waals surface area contributed by atoms with Crippen LogP contribution in [0, 0.1) is 0 Å². The van der Waals surface area contributed by atoms with Crippen molar-refractivity contribution in [2.24, 2.45) is 0 Å². The summed E-state index contributed by atoms with van der Waals surface area (Å²) in [4.78, 5) is 12.5. The maximum atomic E-state index is 12.5. The molecule has 5 nitrogen and oxygen atoms in total. The van der Waals surface area contributed by atoms with Gasteiger partial charge in [0.1, 0.15) is 19.0 Å². The molecule has 0 bridgehead atoms. The fourth-order valence-electron chi connectivity index (χ4n) is 3.02. The van der Waals surface area contributed by atoms with Crippen LogP contribution in [-0.4, -0.2) is 25.2 Å². The summed E-state index contributed by atoms with van der Waals surface area (Å²) in [6.45, 7) is 2.68. The lowest BCUT2D eigenvalue weighted by Crippen LogP contribution is -2.30. The predicted molar refractivity (Wildman–Crippen MR) is 113 cm³/mol. The van der Waals surface area contributed by atoms with Gasteiger partial charge in [-0.05, 0) is 42.3 Å². The number of halogens is 1. The Bertz CT molecular complexity index is 1020. The van der Waals surface area contributed by atoms with E-state index >= 15 is 0 Å². The van der Waals surface area contributed by atoms with Gasteiger partial charge in [0, 0.05) is 11.8 Å². The molecule has 148 valence electrons. The zero-order valence-corrected chi connectivity index (χ0v) is 16.6. The molecule has 4 rings (SSSR count). The van der Waals surface area contributed by atoms with Crippen molar-refractivity contribution in [1.29, 1.82) is 0 Å². The van der Waals surface area contributed by atoms with Crippen LogP contribution in [0.15, 0.2) is 66.7 Å². The SMILES string of the molecule is C[C@@H](Oc1ccc(-c2ccccc2)cc1Cl)C(=O)Nc1ccc2c(c1)OCCO2. The van der Waals surface area contributed by atoms with Crippen LogP contribution in [0.3, 0.4) is 0 Å². The number of rotatable bonds is 5. The molecular weight excluding hydrogens is 390 g/mol. The number of benzene rings is 3. The maximum Gasteiger partial charge on any atom is 0.265 e. The van der Waals surface area contributed by atoms with Gasteiger partial charge in [-0.25, -0.2) is 0 Å². The summed E-state index contributed by atoms with van der Waals surface area (Å²) in [7, 11) is 0. The lowest BCUT2D eigenvalue weighted by molar-refractivity contribution is -0.122. The van der Waals surface area contributed by atoms with Crippen LogP contribution in [0.4, 0.5) is 5.69 Å². The van der Waals surface area contributed by atoms with Crippen LogP contribution >= 0.6 is 11.6 Å². The molecule has 1 heterocycles. The van der Waals surface area contributed by atoms with E-state index in [-0.39, 0.29) is 5.91 Å². The Morgan fingerprint density at radius 2 is 1.72 bits per heavy atom. The van der Waals surface area contributed by atoms with Crippen molar-refractivity contribution in [3.8, 4) is 28.4 Å². The third kappa shape index (κ3) is 4.46. The number of anilines is 1. The molecule has 0 aliphatic carbocycles. The Kier molecular flexibility index (Phi) is 5.58. The standard InChI is InChI=1S/C23H20ClNO4/c1-15(23(26)25-18-8-10-21-22(14-18)28-12-11-27-21)29-20-9-7-17(13-19(20)24)16-5-3-2-4-6-16/h2-10,13-15H,11-12H2,1H3,(H,25,26)/t15-/m1/s1. The molecule has 0 spiro atoms. The summed E-state index contributed by atoms with van der Waals surface area (Å²) in [5.41, 5.74) is 2.65. The average molecular weight is 410 g/mol. The van der Waals surface area contributed by atoms with E-state index in [0.717, 1.165) is 11.1 Å². The first-order valence-corrected chi connectivity index (χ1v) is 9.70. The molecule has 0 fully saturated rings. The number of hydrogen-bond donors (Lipinski definition) is 1. The Labute approximate surface area is 174 Å². The van der Waals surface area contributed by atoms with Gasteiger partial charge in [-0.2, -0.15) is 0 Å². The van der Waals surface area contributed by atoms with Gasteiger partial charge in [0.05, 0.1) is 5.02 Å². The van der Waals surface area contributed by atoms with E-state index in [1.807, 2.05) is 42.5 Å². The highest BCUT2D eigenvalue weighted by atomic mass is 35.5. The van der Waals surface area contributed by atoms with Crippen molar-refractivity contribution in [2.75, 3.05) is 18.5 Å². The van der Waals surface area contributed by atoms with Crippen molar-refractivity contribution in [3.63, 3.8) is 0 Å². The van der Waals surface area contributed by atoms with Crippen LogP contribution in [-0.2, 0) is 4.79 Å². The number of ether oxygens (including phenoxy) is 3. The Balaban J connectivity index is 1.42. The predicted octanol–water partition coefficient (Wildman–Crippen LogP) is 5.18. The monoisotopic (exact) mass is 409 g/mol. The normalized spacial score (nSPS) is 13.4. The molecule has 0 saturated carbocycles. The van der Waals surface area contributed by atoms with E-state index in [9.17, 15) is 4.79 Å². The zero-order valence-electron chi connectivity index (χ0n) is 15.9. The Morgan fingerprint density at radius 3 is 2.48 bits per heavy atom. The van der Waals surface area contributed by atoms with E-state index in [4.69, 9.17) is 25.8 Å². The summed E-state index contributed by atoms with van der Waals surface area (Å²) in [6, 6.07) is 20.7. The summed E-state index contributed by atoms with van der Waals surface area (Å²) in [5, 5.41) is 3.28. The molecule has 1 aliphatic rings. The molecule has 3 aromatic carbocycles. The van der Waals surface area contributed by atoms with E-state index in [1.54, 1.807) is 31.2 Å². The number of carbonyl (C=O) groups excluding carboxylic acids is 1. The minimum absolute atomic E-state index is 0.287. The molecule has 1 amide bonds. The molecule has 1 atom stereocenters. The molecule has 3 aromatic rings. The molecule has 1 aliphatic heterocycles. The van der Waals surface area contributed by atoms with Crippen LogP contribution in [0.1, 0.15) is 6.92 Å². The van der Waals surface area contributed by atoms with Crippen molar-refractivity contribution in [3.05, 3.63) is 71.8 Å². The second-order valence-corrected chi connectivity index (χ2v) is 7.03. The summed E-state index contributed by atoms with van der Waals surface area (Å²) in [6.07, 6.45) is -0.733. The Hall–Kier alpha value is -3.18. The third-order valence-corrected chi connectivity index (χ3v) is 4.82. The first-order chi connectivity index (χ1) is 14.1. The number of fused-ring (bicyclic) bond motifs is 1. The lowest BCUT2D eigenvalue weighted by atomic mass is 10.1. The minimum Gasteiger partial charge on any atom is -0.486 e. The highest BCUT2D eigenvalue weighted by Gasteiger charge is 2.18. The van der Waals surface area contributed by atoms with Gasteiger partial charge < -0.3 is 19.5 Å². The van der Waals surface area contributed by atoms with Gasteiger partial charge in [-0.3, -0.25) is 4.79 Å². The minimum atomic E-state index is -0.733. The number of nitrogens with one attached hydrogen (secondary N) is 1. The molecule has 0 aromatic heterocycles. The van der Waals surface area contributed by atoms with Crippen LogP contribution in [0.2, 0.25) is 5.02 Å². The third-order valence-electron chi connectivity index (χ3n) is 4.52. The molecular formula is C23H20ClNO4. The first kappa shape index (κ1) is 19.2. The molecule has 1 N–H and O–H groups in total. The van der Waals surface area contributed by atoms with Gasteiger partial charge in [0.2, 0.25) is 0 Å². The van der Waals surface area contributed by atoms with Gasteiger partial charge in [-0.1, -0.05) is 48.0 Å². The Morgan fingerprint density at radius 1 is 0.966 bits per heavy atom. The van der Waals surface area contributed by atoms with E-state index in [0.29, 0.717) is 41.2 Å². The summed E-state index contributed by atoms with van der Waals surface area (Å²) in [5.74, 6) is 1.45. The van der Waals surface area contributed by atoms with Gasteiger partial charge in [0.15, 0.2) is 17.6 Å². The highest BCUT2D eigenvalue weighted by molar-refractivity contribution is 6.32. The lowest BCUT2D eigenvalue weighted by Gasteiger charge is -2.20. The summed E-state index contributed by atoms with van der Waals surface area (Å²) < 4.78 is 16.8. The van der Waals surface area contributed by atoms with Crippen molar-refractivity contribution in [2.45, 2.75) is 13.0 Å². The van der Waals surface area contributed by atoms with Crippen LogP contribution < -0.4 is 19.5 Å². The maximum absolute atomic E-state index is 12.5. The number of carbonyl (C=O) groups is 1. The molecule has 0 saturated heterocycles. The van der Waals surface area contributed by atoms with E-state index in [1.165, 1.54) is 0 Å². The fourth-order valence-corrected chi connectivity index (χ4v) is 3.24. The molecule has 29 heavy (non-hydrogen) atoms. The van der Waals surface area contributed by atoms with Gasteiger partial charge in [-0.15, -0.1) is 0 Å².